The highest BCUT2D eigenvalue weighted by Gasteiger charge is 2.27. The van der Waals surface area contributed by atoms with Gasteiger partial charge in [0.25, 0.3) is 0 Å². The van der Waals surface area contributed by atoms with Crippen LogP contribution in [0.4, 0.5) is 0 Å². The minimum atomic E-state index is -1.06. The summed E-state index contributed by atoms with van der Waals surface area (Å²) >= 11 is 11.9. The van der Waals surface area contributed by atoms with Gasteiger partial charge in [0.05, 0.1) is 21.3 Å². The zero-order chi connectivity index (χ0) is 18.9. The molecule has 0 bridgehead atoms. The lowest BCUT2D eigenvalue weighted by Gasteiger charge is -2.13. The molecular formula is C18H17Cl2NO4. The fourth-order valence-corrected chi connectivity index (χ4v) is 3.04. The third kappa shape index (κ3) is 3.78. The monoisotopic (exact) mass is 381 g/mol. The molecule has 2 rings (SSSR count). The summed E-state index contributed by atoms with van der Waals surface area (Å²) < 4.78 is 5.22. The summed E-state index contributed by atoms with van der Waals surface area (Å²) in [7, 11) is 0. The fraction of sp³-hybridized carbons (Fsp3) is 0.278. The molecule has 7 heteroatoms. The summed E-state index contributed by atoms with van der Waals surface area (Å²) in [5.41, 5.74) is 1.95. The number of aromatic nitrogens is 1. The quantitative estimate of drug-likeness (QED) is 0.607. The molecule has 0 aliphatic heterocycles. The Labute approximate surface area is 155 Å². The van der Waals surface area contributed by atoms with Crippen molar-refractivity contribution in [3.63, 3.8) is 0 Å². The number of carbonyl (C=O) groups is 3. The first kappa shape index (κ1) is 19.2. The van der Waals surface area contributed by atoms with E-state index in [4.69, 9.17) is 27.9 Å². The number of ether oxygens (including phenoxy) is 1. The van der Waals surface area contributed by atoms with Gasteiger partial charge in [0.1, 0.15) is 0 Å². The Kier molecular flexibility index (Phi) is 5.70. The Morgan fingerprint density at radius 3 is 2.36 bits per heavy atom. The van der Waals surface area contributed by atoms with Crippen LogP contribution in [-0.2, 0) is 4.74 Å². The number of aryl methyl sites for hydroxylation is 1. The smallest absolute Gasteiger partial charge is 0.340 e. The Morgan fingerprint density at radius 1 is 1.16 bits per heavy atom. The molecular weight excluding hydrogens is 365 g/mol. The lowest BCUT2D eigenvalue weighted by molar-refractivity contribution is 0.0317. The van der Waals surface area contributed by atoms with Crippen LogP contribution in [0, 0.1) is 13.8 Å². The molecule has 1 atom stereocenters. The maximum Gasteiger partial charge on any atom is 0.340 e. The number of rotatable bonds is 5. The van der Waals surface area contributed by atoms with E-state index in [0.29, 0.717) is 16.8 Å². The third-order valence-electron chi connectivity index (χ3n) is 3.86. The van der Waals surface area contributed by atoms with Gasteiger partial charge in [-0.25, -0.2) is 4.79 Å². The van der Waals surface area contributed by atoms with Gasteiger partial charge in [-0.2, -0.15) is 0 Å². The van der Waals surface area contributed by atoms with Crippen molar-refractivity contribution in [2.45, 2.75) is 33.8 Å². The number of carbonyl (C=O) groups excluding carboxylic acids is 3. The van der Waals surface area contributed by atoms with Crippen molar-refractivity contribution in [3.05, 3.63) is 56.3 Å². The van der Waals surface area contributed by atoms with Crippen LogP contribution in [0.25, 0.3) is 0 Å². The minimum absolute atomic E-state index is 0.0691. The predicted molar refractivity (Wildman–Crippen MR) is 95.9 cm³/mol. The molecule has 1 N–H and O–H groups in total. The number of Topliss-reactive ketones (excluding diaryl/α,β-unsaturated/α-hetero) is 2. The number of hydrogen-bond acceptors (Lipinski definition) is 4. The maximum absolute atomic E-state index is 12.6. The highest BCUT2D eigenvalue weighted by molar-refractivity contribution is 6.43. The zero-order valence-electron chi connectivity index (χ0n) is 14.2. The molecule has 0 radical (unpaired) electrons. The van der Waals surface area contributed by atoms with Crippen molar-refractivity contribution < 1.29 is 19.1 Å². The molecule has 1 heterocycles. The molecule has 0 aliphatic carbocycles. The van der Waals surface area contributed by atoms with Crippen LogP contribution in [0.5, 0.6) is 0 Å². The molecule has 0 unspecified atom stereocenters. The SMILES string of the molecule is CC(=O)c1c(C)[nH]c(C(=O)[C@@H](C)OC(=O)c2cccc(Cl)c2Cl)c1C. The molecule has 5 nitrogen and oxygen atoms in total. The van der Waals surface area contributed by atoms with Gasteiger partial charge in [-0.3, -0.25) is 9.59 Å². The van der Waals surface area contributed by atoms with Crippen LogP contribution in [-0.4, -0.2) is 28.6 Å². The average molecular weight is 382 g/mol. The van der Waals surface area contributed by atoms with E-state index < -0.39 is 17.9 Å². The van der Waals surface area contributed by atoms with Gasteiger partial charge < -0.3 is 9.72 Å². The Morgan fingerprint density at radius 2 is 1.80 bits per heavy atom. The van der Waals surface area contributed by atoms with E-state index in [1.54, 1.807) is 26.0 Å². The second-order valence-corrected chi connectivity index (χ2v) is 6.48. The van der Waals surface area contributed by atoms with Gasteiger partial charge in [0, 0.05) is 11.3 Å². The second kappa shape index (κ2) is 7.42. The molecule has 0 saturated carbocycles. The first-order valence-electron chi connectivity index (χ1n) is 7.54. The minimum Gasteiger partial charge on any atom is -0.451 e. The van der Waals surface area contributed by atoms with Gasteiger partial charge in [0.2, 0.25) is 5.78 Å². The first-order chi connectivity index (χ1) is 11.6. The normalized spacial score (nSPS) is 11.9. The van der Waals surface area contributed by atoms with E-state index in [0.717, 1.165) is 0 Å². The van der Waals surface area contributed by atoms with Crippen LogP contribution in [0.15, 0.2) is 18.2 Å². The van der Waals surface area contributed by atoms with Crippen molar-refractivity contribution in [2.24, 2.45) is 0 Å². The summed E-state index contributed by atoms with van der Waals surface area (Å²) in [6.45, 7) is 6.28. The summed E-state index contributed by atoms with van der Waals surface area (Å²) in [4.78, 5) is 39.4. The number of ketones is 2. The van der Waals surface area contributed by atoms with Crippen molar-refractivity contribution >= 4 is 40.7 Å². The number of benzene rings is 1. The van der Waals surface area contributed by atoms with Crippen molar-refractivity contribution in [1.82, 2.24) is 4.98 Å². The van der Waals surface area contributed by atoms with Crippen LogP contribution in [0.1, 0.15) is 56.3 Å². The molecule has 132 valence electrons. The van der Waals surface area contributed by atoms with Crippen LogP contribution in [0.2, 0.25) is 10.0 Å². The molecule has 0 amide bonds. The van der Waals surface area contributed by atoms with Crippen molar-refractivity contribution in [2.75, 3.05) is 0 Å². The number of halogens is 2. The second-order valence-electron chi connectivity index (χ2n) is 5.69. The van der Waals surface area contributed by atoms with E-state index in [1.807, 2.05) is 0 Å². The fourth-order valence-electron chi connectivity index (χ4n) is 2.67. The van der Waals surface area contributed by atoms with Gasteiger partial charge in [0.15, 0.2) is 11.9 Å². The van der Waals surface area contributed by atoms with Gasteiger partial charge in [-0.15, -0.1) is 0 Å². The average Bonchev–Trinajstić information content (AvgIpc) is 2.83. The van der Waals surface area contributed by atoms with E-state index >= 15 is 0 Å². The first-order valence-corrected chi connectivity index (χ1v) is 8.30. The number of nitrogens with one attached hydrogen (secondary N) is 1. The molecule has 1 aromatic carbocycles. The van der Waals surface area contributed by atoms with Gasteiger partial charge in [-0.05, 0) is 45.4 Å². The Bertz CT molecular complexity index is 870. The molecule has 0 fully saturated rings. The number of esters is 1. The van der Waals surface area contributed by atoms with E-state index in [1.165, 1.54) is 19.9 Å². The van der Waals surface area contributed by atoms with E-state index in [2.05, 4.69) is 4.98 Å². The van der Waals surface area contributed by atoms with Crippen molar-refractivity contribution in [1.29, 1.82) is 0 Å². The van der Waals surface area contributed by atoms with Crippen LogP contribution >= 0.6 is 23.2 Å². The Hall–Kier alpha value is -2.11. The standard InChI is InChI=1S/C18H17Cl2NO4/c1-8-14(10(3)22)9(2)21-16(8)17(23)11(4)25-18(24)12-6-5-7-13(19)15(12)20/h5-7,11,21H,1-4H3/t11-/m1/s1. The van der Waals surface area contributed by atoms with Gasteiger partial charge >= 0.3 is 5.97 Å². The number of H-pyrrole nitrogens is 1. The highest BCUT2D eigenvalue weighted by atomic mass is 35.5. The predicted octanol–water partition coefficient (Wildman–Crippen LogP) is 4.57. The van der Waals surface area contributed by atoms with E-state index in [-0.39, 0.29) is 27.1 Å². The van der Waals surface area contributed by atoms with Crippen LogP contribution < -0.4 is 0 Å². The highest BCUT2D eigenvalue weighted by Crippen LogP contribution is 2.27. The largest absolute Gasteiger partial charge is 0.451 e. The van der Waals surface area contributed by atoms with Crippen molar-refractivity contribution in [3.8, 4) is 0 Å². The molecule has 2 aromatic rings. The van der Waals surface area contributed by atoms with E-state index in [9.17, 15) is 14.4 Å². The Balaban J connectivity index is 2.24. The lowest BCUT2D eigenvalue weighted by atomic mass is 10.0. The molecule has 1 aromatic heterocycles. The molecule has 0 spiro atoms. The third-order valence-corrected chi connectivity index (χ3v) is 4.68. The molecule has 25 heavy (non-hydrogen) atoms. The van der Waals surface area contributed by atoms with Gasteiger partial charge in [-0.1, -0.05) is 29.3 Å². The molecule has 0 saturated heterocycles. The number of hydrogen-bond donors (Lipinski definition) is 1. The topological polar surface area (TPSA) is 76.2 Å². The summed E-state index contributed by atoms with van der Waals surface area (Å²) in [6.07, 6.45) is -1.06. The zero-order valence-corrected chi connectivity index (χ0v) is 15.7. The number of aromatic amines is 1. The lowest BCUT2D eigenvalue weighted by Crippen LogP contribution is -2.25. The maximum atomic E-state index is 12.6. The summed E-state index contributed by atoms with van der Waals surface area (Å²) in [6, 6.07) is 4.57. The molecule has 0 aliphatic rings. The summed E-state index contributed by atoms with van der Waals surface area (Å²) in [5.74, 6) is -1.32. The van der Waals surface area contributed by atoms with Crippen LogP contribution in [0.3, 0.4) is 0 Å². The summed E-state index contributed by atoms with van der Waals surface area (Å²) in [5, 5.41) is 0.289.